The molecule has 0 spiro atoms. The van der Waals surface area contributed by atoms with Crippen molar-refractivity contribution in [1.29, 1.82) is 0 Å². The van der Waals surface area contributed by atoms with Crippen molar-refractivity contribution in [2.24, 2.45) is 5.73 Å². The van der Waals surface area contributed by atoms with E-state index in [1.807, 2.05) is 24.3 Å². The summed E-state index contributed by atoms with van der Waals surface area (Å²) in [4.78, 5) is 22.4. The Morgan fingerprint density at radius 3 is 2.33 bits per heavy atom. The van der Waals surface area contributed by atoms with E-state index in [1.54, 1.807) is 32.4 Å². The van der Waals surface area contributed by atoms with Gasteiger partial charge >= 0.3 is 6.03 Å². The third-order valence-electron chi connectivity index (χ3n) is 3.31. The van der Waals surface area contributed by atoms with E-state index in [9.17, 15) is 9.59 Å². The van der Waals surface area contributed by atoms with Crippen molar-refractivity contribution in [1.82, 2.24) is 5.32 Å². The van der Waals surface area contributed by atoms with E-state index in [0.29, 0.717) is 11.4 Å². The molecule has 7 heteroatoms. The molecule has 0 fully saturated rings. The maximum absolute atomic E-state index is 11.8. The minimum Gasteiger partial charge on any atom is -0.497 e. The molecule has 0 saturated carbocycles. The van der Waals surface area contributed by atoms with Gasteiger partial charge in [-0.3, -0.25) is 4.79 Å². The molecule has 7 nitrogen and oxygen atoms in total. The van der Waals surface area contributed by atoms with Gasteiger partial charge in [0, 0.05) is 11.3 Å². The topological polar surface area (TPSA) is 103 Å². The summed E-state index contributed by atoms with van der Waals surface area (Å²) in [5.74, 6) is 1.05. The van der Waals surface area contributed by atoms with Crippen LogP contribution in [-0.4, -0.2) is 32.7 Å². The van der Waals surface area contributed by atoms with Gasteiger partial charge in [-0.05, 0) is 35.9 Å². The molecule has 126 valence electrons. The highest BCUT2D eigenvalue weighted by molar-refractivity contribution is 5.95. The van der Waals surface area contributed by atoms with E-state index < -0.39 is 6.03 Å². The first-order chi connectivity index (χ1) is 11.5. The lowest BCUT2D eigenvalue weighted by molar-refractivity contribution is -0.115. The number of ether oxygens (including phenoxy) is 2. The van der Waals surface area contributed by atoms with Crippen LogP contribution < -0.4 is 25.8 Å². The lowest BCUT2D eigenvalue weighted by Crippen LogP contribution is -2.36. The Kier molecular flexibility index (Phi) is 5.62. The predicted molar refractivity (Wildman–Crippen MR) is 91.2 cm³/mol. The van der Waals surface area contributed by atoms with Crippen molar-refractivity contribution in [2.45, 2.75) is 0 Å². The molecule has 0 aliphatic heterocycles. The number of methoxy groups -OCH3 is 2. The molecular weight excluding hydrogens is 310 g/mol. The van der Waals surface area contributed by atoms with Crippen LogP contribution in [0.15, 0.2) is 42.5 Å². The van der Waals surface area contributed by atoms with Gasteiger partial charge in [-0.25, -0.2) is 4.79 Å². The number of hydrogen-bond donors (Lipinski definition) is 3. The van der Waals surface area contributed by atoms with Crippen molar-refractivity contribution < 1.29 is 19.1 Å². The second-order valence-electron chi connectivity index (χ2n) is 4.91. The molecule has 2 rings (SSSR count). The van der Waals surface area contributed by atoms with Gasteiger partial charge in [0.05, 0.1) is 20.8 Å². The minimum atomic E-state index is -0.751. The highest BCUT2D eigenvalue weighted by Gasteiger charge is 2.10. The molecule has 0 aliphatic rings. The number of hydrogen-bond acceptors (Lipinski definition) is 4. The first-order valence-corrected chi connectivity index (χ1v) is 7.19. The third kappa shape index (κ3) is 4.39. The molecule has 24 heavy (non-hydrogen) atoms. The van der Waals surface area contributed by atoms with Gasteiger partial charge in [-0.1, -0.05) is 12.1 Å². The molecule has 0 aliphatic carbocycles. The molecule has 0 heterocycles. The van der Waals surface area contributed by atoms with Gasteiger partial charge in [-0.2, -0.15) is 0 Å². The zero-order valence-corrected chi connectivity index (χ0v) is 13.5. The van der Waals surface area contributed by atoms with Gasteiger partial charge in [0.25, 0.3) is 0 Å². The maximum atomic E-state index is 11.8. The molecule has 0 saturated heterocycles. The van der Waals surface area contributed by atoms with Gasteiger partial charge in [0.15, 0.2) is 0 Å². The monoisotopic (exact) mass is 329 g/mol. The second-order valence-corrected chi connectivity index (χ2v) is 4.91. The van der Waals surface area contributed by atoms with Crippen LogP contribution in [0.4, 0.5) is 10.5 Å². The quantitative estimate of drug-likeness (QED) is 0.754. The molecule has 0 radical (unpaired) electrons. The fourth-order valence-corrected chi connectivity index (χ4v) is 2.15. The number of urea groups is 1. The minimum absolute atomic E-state index is 0.195. The Morgan fingerprint density at radius 2 is 1.75 bits per heavy atom. The van der Waals surface area contributed by atoms with E-state index in [-0.39, 0.29) is 12.5 Å². The number of nitrogens with one attached hydrogen (secondary N) is 2. The van der Waals surface area contributed by atoms with Gasteiger partial charge in [-0.15, -0.1) is 0 Å². The highest BCUT2D eigenvalue weighted by Crippen LogP contribution is 2.33. The summed E-state index contributed by atoms with van der Waals surface area (Å²) in [5, 5.41) is 4.93. The van der Waals surface area contributed by atoms with Crippen LogP contribution in [0.5, 0.6) is 11.5 Å². The fourth-order valence-electron chi connectivity index (χ4n) is 2.15. The average Bonchev–Trinajstić information content (AvgIpc) is 2.60. The van der Waals surface area contributed by atoms with E-state index in [2.05, 4.69) is 10.6 Å². The number of carbonyl (C=O) groups is 2. The molecule has 3 amide bonds. The average molecular weight is 329 g/mol. The Labute approximate surface area is 139 Å². The molecule has 0 bridgehead atoms. The largest absolute Gasteiger partial charge is 0.497 e. The summed E-state index contributed by atoms with van der Waals surface area (Å²) in [7, 11) is 3.18. The lowest BCUT2D eigenvalue weighted by Gasteiger charge is -2.12. The molecule has 0 aromatic heterocycles. The van der Waals surface area contributed by atoms with Crippen LogP contribution in [0, 0.1) is 0 Å². The molecular formula is C17H19N3O4. The predicted octanol–water partition coefficient (Wildman–Crippen LogP) is 1.98. The molecule has 2 aromatic carbocycles. The molecule has 4 N–H and O–H groups in total. The van der Waals surface area contributed by atoms with Crippen LogP contribution in [0.2, 0.25) is 0 Å². The zero-order chi connectivity index (χ0) is 17.5. The number of anilines is 1. The van der Waals surface area contributed by atoms with Crippen molar-refractivity contribution in [3.8, 4) is 22.6 Å². The Hall–Kier alpha value is -3.22. The summed E-state index contributed by atoms with van der Waals surface area (Å²) in [6.07, 6.45) is 0. The van der Waals surface area contributed by atoms with Crippen LogP contribution in [0.3, 0.4) is 0 Å². The van der Waals surface area contributed by atoms with E-state index in [4.69, 9.17) is 15.2 Å². The summed E-state index contributed by atoms with van der Waals surface area (Å²) < 4.78 is 10.5. The third-order valence-corrected chi connectivity index (χ3v) is 3.31. The summed E-state index contributed by atoms with van der Waals surface area (Å²) in [6.45, 7) is -0.195. The number of nitrogens with two attached hydrogens (primary N) is 1. The van der Waals surface area contributed by atoms with Gasteiger partial charge < -0.3 is 25.8 Å². The summed E-state index contributed by atoms with van der Waals surface area (Å²) >= 11 is 0. The maximum Gasteiger partial charge on any atom is 0.312 e. The van der Waals surface area contributed by atoms with E-state index >= 15 is 0 Å². The Bertz CT molecular complexity index is 729. The number of rotatable bonds is 6. The summed E-state index contributed by atoms with van der Waals surface area (Å²) in [6, 6.07) is 12.0. The van der Waals surface area contributed by atoms with Crippen molar-refractivity contribution in [3.63, 3.8) is 0 Å². The van der Waals surface area contributed by atoms with Crippen LogP contribution >= 0.6 is 0 Å². The molecule has 0 unspecified atom stereocenters. The van der Waals surface area contributed by atoms with Crippen LogP contribution in [-0.2, 0) is 4.79 Å². The van der Waals surface area contributed by atoms with E-state index in [1.165, 1.54) is 0 Å². The second kappa shape index (κ2) is 7.87. The number of amides is 3. The highest BCUT2D eigenvalue weighted by atomic mass is 16.5. The van der Waals surface area contributed by atoms with Gasteiger partial charge in [0.2, 0.25) is 5.91 Å². The smallest absolute Gasteiger partial charge is 0.312 e. The molecule has 0 atom stereocenters. The molecule has 2 aromatic rings. The first kappa shape index (κ1) is 17.1. The summed E-state index contributed by atoms with van der Waals surface area (Å²) in [5.41, 5.74) is 7.26. The SMILES string of the molecule is COc1ccc(-c2cc(NC(=O)CNC(N)=O)ccc2OC)cc1. The number of benzene rings is 2. The van der Waals surface area contributed by atoms with Gasteiger partial charge in [0.1, 0.15) is 11.5 Å². The van der Waals surface area contributed by atoms with Crippen molar-refractivity contribution in [2.75, 3.05) is 26.1 Å². The first-order valence-electron chi connectivity index (χ1n) is 7.19. The number of primary amides is 1. The number of carbonyl (C=O) groups excluding carboxylic acids is 2. The Balaban J connectivity index is 2.23. The standard InChI is InChI=1S/C17H19N3O4/c1-23-13-6-3-11(4-7-13)14-9-12(5-8-15(14)24-2)20-16(21)10-19-17(18)22/h3-9H,10H2,1-2H3,(H,20,21)(H3,18,19,22). The van der Waals surface area contributed by atoms with Crippen LogP contribution in [0.1, 0.15) is 0 Å². The zero-order valence-electron chi connectivity index (χ0n) is 13.5. The lowest BCUT2D eigenvalue weighted by atomic mass is 10.0. The normalized spacial score (nSPS) is 9.92. The van der Waals surface area contributed by atoms with E-state index in [0.717, 1.165) is 16.9 Å². The van der Waals surface area contributed by atoms with Crippen molar-refractivity contribution in [3.05, 3.63) is 42.5 Å². The Morgan fingerprint density at radius 1 is 1.04 bits per heavy atom. The van der Waals surface area contributed by atoms with Crippen LogP contribution in [0.25, 0.3) is 11.1 Å². The van der Waals surface area contributed by atoms with Crippen molar-refractivity contribution >= 4 is 17.6 Å². The fraction of sp³-hybridized carbons (Fsp3) is 0.176.